The zero-order chi connectivity index (χ0) is 10.5. The fourth-order valence-electron chi connectivity index (χ4n) is 1.31. The minimum atomic E-state index is 0.302. The lowest BCUT2D eigenvalue weighted by Gasteiger charge is -1.92. The van der Waals surface area contributed by atoms with Crippen LogP contribution in [-0.2, 0) is 6.54 Å². The molecule has 0 aliphatic rings. The Bertz CT molecular complexity index is 482. The second-order valence-electron chi connectivity index (χ2n) is 3.03. The Morgan fingerprint density at radius 2 is 2.13 bits per heavy atom. The number of H-pyrrole nitrogens is 1. The van der Waals surface area contributed by atoms with E-state index in [9.17, 15) is 0 Å². The Kier molecular flexibility index (Phi) is 2.67. The average molecular weight is 199 g/mol. The molecule has 0 saturated heterocycles. The smallest absolute Gasteiger partial charge is 0.0923 e. The molecule has 0 fully saturated rings. The van der Waals surface area contributed by atoms with E-state index in [0.29, 0.717) is 6.54 Å². The van der Waals surface area contributed by atoms with Crippen LogP contribution < -0.4 is 0 Å². The van der Waals surface area contributed by atoms with E-state index < -0.39 is 0 Å². The van der Waals surface area contributed by atoms with Crippen LogP contribution in [0.25, 0.3) is 21.7 Å². The van der Waals surface area contributed by atoms with Crippen molar-refractivity contribution in [3.05, 3.63) is 52.5 Å². The molecule has 0 aliphatic carbocycles. The van der Waals surface area contributed by atoms with Gasteiger partial charge in [0.25, 0.3) is 0 Å². The van der Waals surface area contributed by atoms with Crippen LogP contribution in [-0.4, -0.2) is 10.2 Å². The summed E-state index contributed by atoms with van der Waals surface area (Å²) in [5.74, 6) is 0. The summed E-state index contributed by atoms with van der Waals surface area (Å²) in [5, 5.41) is 10.4. The Balaban J connectivity index is 2.24. The number of nitrogens with zero attached hydrogens (tertiary/aromatic N) is 4. The number of aromatic nitrogens is 2. The van der Waals surface area contributed by atoms with E-state index in [2.05, 4.69) is 20.2 Å². The molecule has 1 N–H and O–H groups in total. The molecular weight excluding hydrogens is 190 g/mol. The molecule has 0 unspecified atom stereocenters. The van der Waals surface area contributed by atoms with Crippen LogP contribution in [0.3, 0.4) is 0 Å². The lowest BCUT2D eigenvalue weighted by atomic mass is 10.1. The molecular formula is C10H9N5. The highest BCUT2D eigenvalue weighted by Crippen LogP contribution is 2.16. The van der Waals surface area contributed by atoms with Gasteiger partial charge in [-0.3, -0.25) is 5.10 Å². The van der Waals surface area contributed by atoms with E-state index >= 15 is 0 Å². The van der Waals surface area contributed by atoms with Crippen LogP contribution in [0.5, 0.6) is 0 Å². The first-order chi connectivity index (χ1) is 7.40. The van der Waals surface area contributed by atoms with Crippen molar-refractivity contribution in [1.29, 1.82) is 0 Å². The molecule has 74 valence electrons. The average Bonchev–Trinajstić information content (AvgIpc) is 2.76. The number of hydrogen-bond donors (Lipinski definition) is 1. The zero-order valence-corrected chi connectivity index (χ0v) is 7.96. The van der Waals surface area contributed by atoms with Gasteiger partial charge in [-0.25, -0.2) is 0 Å². The Hall–Kier alpha value is -2.26. The standard InChI is InChI=1S/C10H9N5/c11-15-12-7-9-6-10(14-13-9)8-4-2-1-3-5-8/h1-6H,7H2,(H,13,14). The summed E-state index contributed by atoms with van der Waals surface area (Å²) in [4.78, 5) is 2.69. The van der Waals surface area contributed by atoms with Gasteiger partial charge in [-0.05, 0) is 11.6 Å². The van der Waals surface area contributed by atoms with Crippen LogP contribution in [0, 0.1) is 0 Å². The quantitative estimate of drug-likeness (QED) is 0.460. The number of azide groups is 1. The second kappa shape index (κ2) is 4.30. The van der Waals surface area contributed by atoms with Crippen molar-refractivity contribution in [2.45, 2.75) is 6.54 Å². The Morgan fingerprint density at radius 3 is 2.87 bits per heavy atom. The van der Waals surface area contributed by atoms with Crippen molar-refractivity contribution in [2.24, 2.45) is 5.11 Å². The molecule has 2 aromatic rings. The number of nitrogens with one attached hydrogen (secondary N) is 1. The van der Waals surface area contributed by atoms with Crippen molar-refractivity contribution >= 4 is 0 Å². The van der Waals surface area contributed by atoms with Gasteiger partial charge in [-0.15, -0.1) is 0 Å². The van der Waals surface area contributed by atoms with Crippen LogP contribution >= 0.6 is 0 Å². The molecule has 0 saturated carbocycles. The van der Waals surface area contributed by atoms with Gasteiger partial charge < -0.3 is 0 Å². The van der Waals surface area contributed by atoms with Gasteiger partial charge in [0.1, 0.15) is 0 Å². The molecule has 0 radical (unpaired) electrons. The van der Waals surface area contributed by atoms with Crippen molar-refractivity contribution in [3.8, 4) is 11.3 Å². The van der Waals surface area contributed by atoms with E-state index in [-0.39, 0.29) is 0 Å². The second-order valence-corrected chi connectivity index (χ2v) is 3.03. The SMILES string of the molecule is [N-]=[N+]=NCc1cc(-c2ccccc2)n[nH]1. The van der Waals surface area contributed by atoms with Gasteiger partial charge >= 0.3 is 0 Å². The number of hydrogen-bond acceptors (Lipinski definition) is 2. The van der Waals surface area contributed by atoms with Gasteiger partial charge in [0.05, 0.1) is 12.2 Å². The largest absolute Gasteiger partial charge is 0.282 e. The topological polar surface area (TPSA) is 77.4 Å². The van der Waals surface area contributed by atoms with Crippen LogP contribution in [0.1, 0.15) is 5.69 Å². The minimum absolute atomic E-state index is 0.302. The normalized spacial score (nSPS) is 9.60. The van der Waals surface area contributed by atoms with E-state index in [1.807, 2.05) is 36.4 Å². The van der Waals surface area contributed by atoms with Gasteiger partial charge in [0, 0.05) is 16.2 Å². The number of aromatic amines is 1. The van der Waals surface area contributed by atoms with E-state index in [0.717, 1.165) is 17.0 Å². The van der Waals surface area contributed by atoms with Crippen molar-refractivity contribution in [3.63, 3.8) is 0 Å². The fraction of sp³-hybridized carbons (Fsp3) is 0.100. The highest BCUT2D eigenvalue weighted by molar-refractivity contribution is 5.58. The molecule has 1 heterocycles. The van der Waals surface area contributed by atoms with E-state index in [4.69, 9.17) is 5.53 Å². The minimum Gasteiger partial charge on any atom is -0.282 e. The maximum absolute atomic E-state index is 8.18. The predicted octanol–water partition coefficient (Wildman–Crippen LogP) is 2.89. The maximum atomic E-state index is 8.18. The molecule has 15 heavy (non-hydrogen) atoms. The fourth-order valence-corrected chi connectivity index (χ4v) is 1.31. The first-order valence-electron chi connectivity index (χ1n) is 4.51. The van der Waals surface area contributed by atoms with E-state index in [1.165, 1.54) is 0 Å². The summed E-state index contributed by atoms with van der Waals surface area (Å²) in [6.07, 6.45) is 0. The number of rotatable bonds is 3. The molecule has 1 aromatic carbocycles. The molecule has 0 amide bonds. The zero-order valence-electron chi connectivity index (χ0n) is 7.96. The van der Waals surface area contributed by atoms with Crippen molar-refractivity contribution in [2.75, 3.05) is 0 Å². The van der Waals surface area contributed by atoms with Gasteiger partial charge in [0.15, 0.2) is 0 Å². The van der Waals surface area contributed by atoms with Crippen LogP contribution in [0.4, 0.5) is 0 Å². The number of benzene rings is 1. The third kappa shape index (κ3) is 2.15. The van der Waals surface area contributed by atoms with Crippen molar-refractivity contribution in [1.82, 2.24) is 10.2 Å². The Morgan fingerprint density at radius 1 is 1.33 bits per heavy atom. The van der Waals surface area contributed by atoms with Gasteiger partial charge in [-0.1, -0.05) is 35.4 Å². The lowest BCUT2D eigenvalue weighted by Crippen LogP contribution is -1.77. The molecule has 5 nitrogen and oxygen atoms in total. The third-order valence-electron chi connectivity index (χ3n) is 2.00. The van der Waals surface area contributed by atoms with E-state index in [1.54, 1.807) is 0 Å². The summed E-state index contributed by atoms with van der Waals surface area (Å²) >= 11 is 0. The lowest BCUT2D eigenvalue weighted by molar-refractivity contribution is 0.939. The van der Waals surface area contributed by atoms with Gasteiger partial charge in [-0.2, -0.15) is 5.10 Å². The first kappa shape index (κ1) is 9.30. The highest BCUT2D eigenvalue weighted by Gasteiger charge is 2.01. The molecule has 2 rings (SSSR count). The third-order valence-corrected chi connectivity index (χ3v) is 2.00. The molecule has 5 heteroatoms. The summed E-state index contributed by atoms with van der Waals surface area (Å²) < 4.78 is 0. The monoisotopic (exact) mass is 199 g/mol. The summed E-state index contributed by atoms with van der Waals surface area (Å²) in [6, 6.07) is 11.7. The molecule has 0 spiro atoms. The van der Waals surface area contributed by atoms with Crippen LogP contribution in [0.2, 0.25) is 0 Å². The molecule has 0 atom stereocenters. The predicted molar refractivity (Wildman–Crippen MR) is 56.9 cm³/mol. The van der Waals surface area contributed by atoms with Gasteiger partial charge in [0.2, 0.25) is 0 Å². The molecule has 0 aliphatic heterocycles. The maximum Gasteiger partial charge on any atom is 0.0923 e. The summed E-state index contributed by atoms with van der Waals surface area (Å²) in [7, 11) is 0. The summed E-state index contributed by atoms with van der Waals surface area (Å²) in [5.41, 5.74) is 10.9. The summed E-state index contributed by atoms with van der Waals surface area (Å²) in [6.45, 7) is 0.302. The highest BCUT2D eigenvalue weighted by atomic mass is 15.2. The van der Waals surface area contributed by atoms with Crippen molar-refractivity contribution < 1.29 is 0 Å². The Labute approximate surface area is 86.4 Å². The first-order valence-corrected chi connectivity index (χ1v) is 4.51. The molecule has 0 bridgehead atoms. The van der Waals surface area contributed by atoms with Crippen LogP contribution in [0.15, 0.2) is 41.5 Å². The molecule has 1 aromatic heterocycles.